The SMILES string of the molecule is C/C(=N\N=C(/C)c1ccc(C)cc1)c1ccccc1. The van der Waals surface area contributed by atoms with Crippen molar-refractivity contribution in [3.8, 4) is 0 Å². The summed E-state index contributed by atoms with van der Waals surface area (Å²) < 4.78 is 0. The largest absolute Gasteiger partial charge is 0.155 e. The van der Waals surface area contributed by atoms with Crippen LogP contribution in [0, 0.1) is 6.92 Å². The summed E-state index contributed by atoms with van der Waals surface area (Å²) in [5, 5.41) is 8.60. The van der Waals surface area contributed by atoms with Crippen LogP contribution in [0.4, 0.5) is 0 Å². The fraction of sp³-hybridized carbons (Fsp3) is 0.176. The van der Waals surface area contributed by atoms with Crippen LogP contribution in [0.15, 0.2) is 64.8 Å². The minimum atomic E-state index is 0.923. The van der Waals surface area contributed by atoms with Crippen molar-refractivity contribution in [3.63, 3.8) is 0 Å². The van der Waals surface area contributed by atoms with Crippen molar-refractivity contribution in [2.45, 2.75) is 20.8 Å². The third kappa shape index (κ3) is 3.62. The lowest BCUT2D eigenvalue weighted by Gasteiger charge is -2.00. The van der Waals surface area contributed by atoms with E-state index in [1.54, 1.807) is 0 Å². The van der Waals surface area contributed by atoms with E-state index in [0.717, 1.165) is 22.6 Å². The Morgan fingerprint density at radius 1 is 0.684 bits per heavy atom. The van der Waals surface area contributed by atoms with Crippen LogP contribution in [-0.2, 0) is 0 Å². The first kappa shape index (κ1) is 13.2. The predicted molar refractivity (Wildman–Crippen MR) is 82.0 cm³/mol. The Bertz CT molecular complexity index is 593. The summed E-state index contributed by atoms with van der Waals surface area (Å²) >= 11 is 0. The van der Waals surface area contributed by atoms with Crippen LogP contribution in [0.3, 0.4) is 0 Å². The van der Waals surface area contributed by atoms with Crippen molar-refractivity contribution >= 4 is 11.4 Å². The maximum Gasteiger partial charge on any atom is 0.0671 e. The van der Waals surface area contributed by atoms with Gasteiger partial charge in [0.1, 0.15) is 0 Å². The normalized spacial score (nSPS) is 12.6. The van der Waals surface area contributed by atoms with Crippen molar-refractivity contribution in [3.05, 3.63) is 71.3 Å². The minimum absolute atomic E-state index is 0.923. The number of nitrogens with zero attached hydrogens (tertiary/aromatic N) is 2. The first-order valence-corrected chi connectivity index (χ1v) is 6.38. The summed E-state index contributed by atoms with van der Waals surface area (Å²) in [5.74, 6) is 0. The highest BCUT2D eigenvalue weighted by molar-refractivity contribution is 6.01. The molecule has 2 aromatic rings. The lowest BCUT2D eigenvalue weighted by Crippen LogP contribution is -1.96. The first-order valence-electron chi connectivity index (χ1n) is 6.38. The summed E-state index contributed by atoms with van der Waals surface area (Å²) in [6.07, 6.45) is 0. The van der Waals surface area contributed by atoms with Crippen molar-refractivity contribution in [2.75, 3.05) is 0 Å². The van der Waals surface area contributed by atoms with Gasteiger partial charge in [0.2, 0.25) is 0 Å². The molecule has 0 saturated heterocycles. The van der Waals surface area contributed by atoms with Gasteiger partial charge in [-0.25, -0.2) is 0 Å². The molecule has 0 radical (unpaired) electrons. The van der Waals surface area contributed by atoms with Gasteiger partial charge in [-0.15, -0.1) is 0 Å². The summed E-state index contributed by atoms with van der Waals surface area (Å²) in [4.78, 5) is 0. The number of benzene rings is 2. The lowest BCUT2D eigenvalue weighted by molar-refractivity contribution is 1.22. The molecule has 0 unspecified atom stereocenters. The molecule has 2 nitrogen and oxygen atoms in total. The quantitative estimate of drug-likeness (QED) is 0.575. The van der Waals surface area contributed by atoms with Gasteiger partial charge in [-0.3, -0.25) is 0 Å². The Balaban J connectivity index is 2.20. The minimum Gasteiger partial charge on any atom is -0.155 e. The Hall–Kier alpha value is -2.22. The second-order valence-electron chi connectivity index (χ2n) is 4.60. The molecule has 0 bridgehead atoms. The van der Waals surface area contributed by atoms with Gasteiger partial charge < -0.3 is 0 Å². The molecule has 0 aliphatic heterocycles. The predicted octanol–water partition coefficient (Wildman–Crippen LogP) is 4.23. The van der Waals surface area contributed by atoms with E-state index in [4.69, 9.17) is 0 Å². The highest BCUT2D eigenvalue weighted by atomic mass is 15.2. The van der Waals surface area contributed by atoms with Crippen LogP contribution in [0.25, 0.3) is 0 Å². The summed E-state index contributed by atoms with van der Waals surface area (Å²) in [6.45, 7) is 6.03. The Morgan fingerprint density at radius 3 is 1.68 bits per heavy atom. The molecular formula is C17H18N2. The second kappa shape index (κ2) is 6.10. The van der Waals surface area contributed by atoms with Crippen LogP contribution >= 0.6 is 0 Å². The van der Waals surface area contributed by atoms with Gasteiger partial charge in [-0.2, -0.15) is 10.2 Å². The van der Waals surface area contributed by atoms with E-state index in [2.05, 4.69) is 41.4 Å². The van der Waals surface area contributed by atoms with E-state index in [1.165, 1.54) is 5.56 Å². The Kier molecular flexibility index (Phi) is 4.24. The zero-order valence-corrected chi connectivity index (χ0v) is 11.6. The number of aryl methyl sites for hydroxylation is 1. The van der Waals surface area contributed by atoms with Gasteiger partial charge >= 0.3 is 0 Å². The molecule has 2 aromatic carbocycles. The molecule has 0 heterocycles. The molecule has 0 spiro atoms. The van der Waals surface area contributed by atoms with Crippen molar-refractivity contribution in [1.29, 1.82) is 0 Å². The summed E-state index contributed by atoms with van der Waals surface area (Å²) in [7, 11) is 0. The molecule has 0 aliphatic carbocycles. The Labute approximate surface area is 114 Å². The maximum atomic E-state index is 4.30. The highest BCUT2D eigenvalue weighted by Gasteiger charge is 1.98. The van der Waals surface area contributed by atoms with E-state index < -0.39 is 0 Å². The van der Waals surface area contributed by atoms with Crippen LogP contribution in [0.1, 0.15) is 30.5 Å². The number of hydrogen-bond donors (Lipinski definition) is 0. The fourth-order valence-corrected chi connectivity index (χ4v) is 1.74. The number of hydrogen-bond acceptors (Lipinski definition) is 2. The average molecular weight is 250 g/mol. The third-order valence-corrected chi connectivity index (χ3v) is 3.01. The zero-order chi connectivity index (χ0) is 13.7. The molecular weight excluding hydrogens is 232 g/mol. The second-order valence-corrected chi connectivity index (χ2v) is 4.60. The Morgan fingerprint density at radius 2 is 1.16 bits per heavy atom. The molecule has 96 valence electrons. The highest BCUT2D eigenvalue weighted by Crippen LogP contribution is 2.06. The van der Waals surface area contributed by atoms with Gasteiger partial charge in [-0.1, -0.05) is 60.2 Å². The topological polar surface area (TPSA) is 24.7 Å². The van der Waals surface area contributed by atoms with Gasteiger partial charge in [-0.05, 0) is 31.9 Å². The van der Waals surface area contributed by atoms with E-state index in [9.17, 15) is 0 Å². The molecule has 19 heavy (non-hydrogen) atoms. The monoisotopic (exact) mass is 250 g/mol. The molecule has 0 N–H and O–H groups in total. The van der Waals surface area contributed by atoms with E-state index in [-0.39, 0.29) is 0 Å². The van der Waals surface area contributed by atoms with Gasteiger partial charge in [0.05, 0.1) is 11.4 Å². The maximum absolute atomic E-state index is 4.30. The standard InChI is InChI=1S/C17H18N2/c1-13-9-11-17(12-10-13)15(3)19-18-14(2)16-7-5-4-6-8-16/h4-12H,1-3H3/b18-14+,19-15+. The van der Waals surface area contributed by atoms with Crippen molar-refractivity contribution < 1.29 is 0 Å². The molecule has 0 aromatic heterocycles. The van der Waals surface area contributed by atoms with Gasteiger partial charge in [0, 0.05) is 0 Å². The summed E-state index contributed by atoms with van der Waals surface area (Å²) in [6, 6.07) is 18.4. The van der Waals surface area contributed by atoms with Crippen molar-refractivity contribution in [1.82, 2.24) is 0 Å². The molecule has 0 aliphatic rings. The van der Waals surface area contributed by atoms with E-state index in [1.807, 2.05) is 44.2 Å². The average Bonchev–Trinajstić information content (AvgIpc) is 2.46. The smallest absolute Gasteiger partial charge is 0.0671 e. The van der Waals surface area contributed by atoms with E-state index in [0.29, 0.717) is 0 Å². The van der Waals surface area contributed by atoms with Crippen LogP contribution in [0.2, 0.25) is 0 Å². The molecule has 0 saturated carbocycles. The van der Waals surface area contributed by atoms with E-state index >= 15 is 0 Å². The third-order valence-electron chi connectivity index (χ3n) is 3.01. The molecule has 0 amide bonds. The van der Waals surface area contributed by atoms with Gasteiger partial charge in [0.25, 0.3) is 0 Å². The lowest BCUT2D eigenvalue weighted by atomic mass is 10.1. The summed E-state index contributed by atoms with van der Waals surface area (Å²) in [5.41, 5.74) is 5.31. The van der Waals surface area contributed by atoms with Crippen LogP contribution < -0.4 is 0 Å². The molecule has 2 heteroatoms. The molecule has 2 rings (SSSR count). The zero-order valence-electron chi connectivity index (χ0n) is 11.6. The molecule has 0 fully saturated rings. The van der Waals surface area contributed by atoms with Gasteiger partial charge in [0.15, 0.2) is 0 Å². The number of rotatable bonds is 3. The fourth-order valence-electron chi connectivity index (χ4n) is 1.74. The first-order chi connectivity index (χ1) is 9.16. The van der Waals surface area contributed by atoms with Crippen LogP contribution in [0.5, 0.6) is 0 Å². The van der Waals surface area contributed by atoms with Crippen molar-refractivity contribution in [2.24, 2.45) is 10.2 Å². The molecule has 0 atom stereocenters. The van der Waals surface area contributed by atoms with Crippen LogP contribution in [-0.4, -0.2) is 11.4 Å².